The van der Waals surface area contributed by atoms with Gasteiger partial charge in [0.25, 0.3) is 0 Å². The molecule has 0 unspecified atom stereocenters. The van der Waals surface area contributed by atoms with Crippen LogP contribution < -0.4 is 0 Å². The number of aryl methyl sites for hydroxylation is 2. The van der Waals surface area contributed by atoms with Crippen molar-refractivity contribution in [3.05, 3.63) is 39.9 Å². The average molecular weight is 285 g/mol. The Morgan fingerprint density at radius 1 is 1.25 bits per heavy atom. The van der Waals surface area contributed by atoms with Crippen molar-refractivity contribution >= 4 is 12.2 Å². The Morgan fingerprint density at radius 3 is 2.95 bits per heavy atom. The Bertz CT molecular complexity index is 676. The van der Waals surface area contributed by atoms with E-state index < -0.39 is 0 Å². The van der Waals surface area contributed by atoms with Crippen molar-refractivity contribution in [1.29, 1.82) is 0 Å². The number of fused-ring (bicyclic) bond motifs is 1. The maximum absolute atomic E-state index is 5.52. The van der Waals surface area contributed by atoms with Crippen LogP contribution >= 0.6 is 12.2 Å². The molecule has 3 nitrogen and oxygen atoms in total. The van der Waals surface area contributed by atoms with Gasteiger partial charge in [0.15, 0.2) is 0 Å². The molecule has 4 heteroatoms. The SMILES string of the molecule is CCc1cnccc1-c1nc(=S)c2c([nH]1)CCCCC2. The lowest BCUT2D eigenvalue weighted by molar-refractivity contribution is 0.708. The van der Waals surface area contributed by atoms with Crippen LogP contribution in [0.25, 0.3) is 11.4 Å². The summed E-state index contributed by atoms with van der Waals surface area (Å²) < 4.78 is 0.773. The number of nitrogens with one attached hydrogen (secondary N) is 1. The Labute approximate surface area is 124 Å². The van der Waals surface area contributed by atoms with Gasteiger partial charge in [-0.15, -0.1) is 0 Å². The van der Waals surface area contributed by atoms with E-state index in [0.29, 0.717) is 0 Å². The fourth-order valence-corrected chi connectivity index (χ4v) is 3.18. The van der Waals surface area contributed by atoms with E-state index in [1.807, 2.05) is 18.5 Å². The second-order valence-electron chi connectivity index (χ2n) is 5.29. The molecule has 2 aromatic heterocycles. The van der Waals surface area contributed by atoms with E-state index in [1.54, 1.807) is 0 Å². The van der Waals surface area contributed by atoms with Crippen molar-refractivity contribution in [1.82, 2.24) is 15.0 Å². The second-order valence-corrected chi connectivity index (χ2v) is 5.68. The lowest BCUT2D eigenvalue weighted by Gasteiger charge is -2.11. The third kappa shape index (κ3) is 2.52. The molecule has 0 aromatic carbocycles. The maximum atomic E-state index is 5.52. The molecule has 0 radical (unpaired) electrons. The smallest absolute Gasteiger partial charge is 0.139 e. The van der Waals surface area contributed by atoms with Crippen LogP contribution in [0, 0.1) is 4.64 Å². The van der Waals surface area contributed by atoms with Gasteiger partial charge in [0, 0.05) is 29.2 Å². The summed E-state index contributed by atoms with van der Waals surface area (Å²) in [5.41, 5.74) is 4.88. The fraction of sp³-hybridized carbons (Fsp3) is 0.438. The minimum Gasteiger partial charge on any atom is -0.343 e. The highest BCUT2D eigenvalue weighted by Gasteiger charge is 2.14. The lowest BCUT2D eigenvalue weighted by atomic mass is 10.1. The summed E-state index contributed by atoms with van der Waals surface area (Å²) in [4.78, 5) is 12.4. The highest BCUT2D eigenvalue weighted by atomic mass is 32.1. The fourth-order valence-electron chi connectivity index (χ4n) is 2.86. The molecule has 0 saturated carbocycles. The molecule has 0 spiro atoms. The van der Waals surface area contributed by atoms with E-state index in [-0.39, 0.29) is 0 Å². The van der Waals surface area contributed by atoms with E-state index in [4.69, 9.17) is 12.2 Å². The molecule has 0 saturated heterocycles. The van der Waals surface area contributed by atoms with E-state index in [9.17, 15) is 0 Å². The summed E-state index contributed by atoms with van der Waals surface area (Å²) in [6.45, 7) is 2.14. The highest BCUT2D eigenvalue weighted by molar-refractivity contribution is 7.71. The topological polar surface area (TPSA) is 41.6 Å². The van der Waals surface area contributed by atoms with Crippen LogP contribution in [0.1, 0.15) is 43.0 Å². The third-order valence-corrected chi connectivity index (χ3v) is 4.34. The zero-order valence-electron chi connectivity index (χ0n) is 11.8. The van der Waals surface area contributed by atoms with Gasteiger partial charge in [0.05, 0.1) is 0 Å². The molecule has 0 bridgehead atoms. The molecule has 0 aliphatic heterocycles. The molecule has 1 N–H and O–H groups in total. The van der Waals surface area contributed by atoms with Gasteiger partial charge in [0.1, 0.15) is 10.5 Å². The van der Waals surface area contributed by atoms with Gasteiger partial charge < -0.3 is 4.98 Å². The van der Waals surface area contributed by atoms with E-state index in [0.717, 1.165) is 35.3 Å². The monoisotopic (exact) mass is 285 g/mol. The average Bonchev–Trinajstić information content (AvgIpc) is 2.73. The molecular weight excluding hydrogens is 266 g/mol. The molecule has 0 fully saturated rings. The van der Waals surface area contributed by atoms with Gasteiger partial charge in [0.2, 0.25) is 0 Å². The van der Waals surface area contributed by atoms with Crippen LogP contribution in [0.5, 0.6) is 0 Å². The minimum atomic E-state index is 0.773. The molecular formula is C16H19N3S. The van der Waals surface area contributed by atoms with Gasteiger partial charge in [-0.3, -0.25) is 4.98 Å². The normalized spacial score (nSPS) is 14.7. The second kappa shape index (κ2) is 5.83. The summed E-state index contributed by atoms with van der Waals surface area (Å²) in [6, 6.07) is 2.02. The third-order valence-electron chi connectivity index (χ3n) is 4.00. The molecule has 104 valence electrons. The zero-order chi connectivity index (χ0) is 13.9. The Balaban J connectivity index is 2.14. The van der Waals surface area contributed by atoms with Crippen LogP contribution in [0.3, 0.4) is 0 Å². The summed E-state index contributed by atoms with van der Waals surface area (Å²) >= 11 is 5.52. The highest BCUT2D eigenvalue weighted by Crippen LogP contribution is 2.25. The van der Waals surface area contributed by atoms with Crippen LogP contribution in [0.2, 0.25) is 0 Å². The van der Waals surface area contributed by atoms with E-state index in [1.165, 1.54) is 36.1 Å². The number of nitrogens with zero attached hydrogens (tertiary/aromatic N) is 2. The largest absolute Gasteiger partial charge is 0.343 e. The van der Waals surface area contributed by atoms with E-state index in [2.05, 4.69) is 21.9 Å². The molecule has 0 amide bonds. The number of aromatic amines is 1. The first-order valence-corrected chi connectivity index (χ1v) is 7.75. The van der Waals surface area contributed by atoms with Crippen molar-refractivity contribution < 1.29 is 0 Å². The summed E-state index contributed by atoms with van der Waals surface area (Å²) in [7, 11) is 0. The first-order valence-electron chi connectivity index (χ1n) is 7.35. The first-order chi connectivity index (χ1) is 9.79. The van der Waals surface area contributed by atoms with Crippen LogP contribution in [0.15, 0.2) is 18.5 Å². The molecule has 0 atom stereocenters. The van der Waals surface area contributed by atoms with E-state index >= 15 is 0 Å². The summed E-state index contributed by atoms with van der Waals surface area (Å²) in [5, 5.41) is 0. The van der Waals surface area contributed by atoms with Gasteiger partial charge in [-0.25, -0.2) is 4.98 Å². The first kappa shape index (κ1) is 13.4. The molecule has 1 aliphatic rings. The minimum absolute atomic E-state index is 0.773. The molecule has 2 aromatic rings. The van der Waals surface area contributed by atoms with Crippen molar-refractivity contribution in [2.24, 2.45) is 0 Å². The van der Waals surface area contributed by atoms with Gasteiger partial charge in [-0.05, 0) is 43.7 Å². The number of pyridine rings is 1. The maximum Gasteiger partial charge on any atom is 0.139 e. The van der Waals surface area contributed by atoms with Gasteiger partial charge in [-0.1, -0.05) is 25.6 Å². The quantitative estimate of drug-likeness (QED) is 0.669. The predicted octanol–water partition coefficient (Wildman–Crippen LogP) is 4.03. The van der Waals surface area contributed by atoms with Crippen molar-refractivity contribution in [3.63, 3.8) is 0 Å². The molecule has 3 rings (SSSR count). The Hall–Kier alpha value is -1.55. The van der Waals surface area contributed by atoms with Crippen molar-refractivity contribution in [3.8, 4) is 11.4 Å². The van der Waals surface area contributed by atoms with Crippen LogP contribution in [-0.2, 0) is 19.3 Å². The van der Waals surface area contributed by atoms with Crippen molar-refractivity contribution in [2.45, 2.75) is 45.4 Å². The molecule has 2 heterocycles. The number of rotatable bonds is 2. The number of hydrogen-bond acceptors (Lipinski definition) is 3. The number of aromatic nitrogens is 3. The molecule has 1 aliphatic carbocycles. The van der Waals surface area contributed by atoms with Gasteiger partial charge >= 0.3 is 0 Å². The van der Waals surface area contributed by atoms with Crippen LogP contribution in [-0.4, -0.2) is 15.0 Å². The predicted molar refractivity (Wildman–Crippen MR) is 83.3 cm³/mol. The zero-order valence-corrected chi connectivity index (χ0v) is 12.6. The summed E-state index contributed by atoms with van der Waals surface area (Å²) in [6.07, 6.45) is 10.6. The standard InChI is InChI=1S/C16H19N3S/c1-2-11-10-17-9-8-12(11)15-18-14-7-5-3-4-6-13(14)16(20)19-15/h8-10H,2-7H2,1H3,(H,18,19,20). The van der Waals surface area contributed by atoms with Crippen molar-refractivity contribution in [2.75, 3.05) is 0 Å². The number of H-pyrrole nitrogens is 1. The molecule has 20 heavy (non-hydrogen) atoms. The Morgan fingerprint density at radius 2 is 2.10 bits per heavy atom. The summed E-state index contributed by atoms with van der Waals surface area (Å²) in [5.74, 6) is 0.898. The number of hydrogen-bond donors (Lipinski definition) is 1. The van der Waals surface area contributed by atoms with Crippen LogP contribution in [0.4, 0.5) is 0 Å². The van der Waals surface area contributed by atoms with Gasteiger partial charge in [-0.2, -0.15) is 0 Å². The Kier molecular flexibility index (Phi) is 3.92. The lowest BCUT2D eigenvalue weighted by Crippen LogP contribution is -2.03.